The molecule has 2 aromatic carbocycles. The lowest BCUT2D eigenvalue weighted by Gasteiger charge is -2.11. The molecule has 0 saturated heterocycles. The zero-order valence-corrected chi connectivity index (χ0v) is 17.9. The van der Waals surface area contributed by atoms with Crippen molar-refractivity contribution in [3.8, 4) is 5.75 Å². The summed E-state index contributed by atoms with van der Waals surface area (Å²) in [6.07, 6.45) is 0.194. The standard InChI is InChI=1S/C17H14Br3NO4/c1-24-16(23)6-10-2-4-12(5-3-10)21-15(22)9-25-17-13(19)7-11(18)8-14(17)20/h2-5,7-8H,6,9H2,1H3,(H,21,22). The molecule has 25 heavy (non-hydrogen) atoms. The largest absolute Gasteiger partial charge is 0.481 e. The smallest absolute Gasteiger partial charge is 0.309 e. The zero-order valence-electron chi connectivity index (χ0n) is 13.1. The van der Waals surface area contributed by atoms with Crippen molar-refractivity contribution >= 4 is 65.4 Å². The summed E-state index contributed by atoms with van der Waals surface area (Å²) in [5, 5.41) is 2.74. The Morgan fingerprint density at radius 1 is 1.04 bits per heavy atom. The molecule has 0 aromatic heterocycles. The van der Waals surface area contributed by atoms with E-state index in [2.05, 4.69) is 57.8 Å². The lowest BCUT2D eigenvalue weighted by Crippen LogP contribution is -2.20. The molecular weight excluding hydrogens is 522 g/mol. The second kappa shape index (κ2) is 9.35. The van der Waals surface area contributed by atoms with Gasteiger partial charge in [-0.2, -0.15) is 0 Å². The molecule has 1 N–H and O–H groups in total. The Morgan fingerprint density at radius 3 is 2.20 bits per heavy atom. The maximum Gasteiger partial charge on any atom is 0.309 e. The first-order chi connectivity index (χ1) is 11.9. The molecule has 2 rings (SSSR count). The van der Waals surface area contributed by atoms with Gasteiger partial charge in [0.15, 0.2) is 6.61 Å². The Bertz CT molecular complexity index is 755. The molecule has 8 heteroatoms. The van der Waals surface area contributed by atoms with Crippen molar-refractivity contribution < 1.29 is 19.1 Å². The number of methoxy groups -OCH3 is 1. The second-order valence-corrected chi connectivity index (χ2v) is 7.61. The molecule has 0 saturated carbocycles. The third-order valence-corrected chi connectivity index (χ3v) is 4.76. The monoisotopic (exact) mass is 533 g/mol. The van der Waals surface area contributed by atoms with E-state index >= 15 is 0 Å². The van der Waals surface area contributed by atoms with E-state index in [1.54, 1.807) is 24.3 Å². The van der Waals surface area contributed by atoms with Crippen molar-refractivity contribution in [2.24, 2.45) is 0 Å². The summed E-state index contributed by atoms with van der Waals surface area (Å²) >= 11 is 10.2. The quantitative estimate of drug-likeness (QED) is 0.544. The number of esters is 1. The van der Waals surface area contributed by atoms with Crippen LogP contribution in [0.15, 0.2) is 49.8 Å². The minimum absolute atomic E-state index is 0.136. The maximum atomic E-state index is 12.0. The Balaban J connectivity index is 1.91. The Hall–Kier alpha value is -1.38. The zero-order chi connectivity index (χ0) is 18.4. The summed E-state index contributed by atoms with van der Waals surface area (Å²) in [7, 11) is 1.35. The van der Waals surface area contributed by atoms with Gasteiger partial charge in [0.05, 0.1) is 22.5 Å². The van der Waals surface area contributed by atoms with Crippen molar-refractivity contribution in [2.45, 2.75) is 6.42 Å². The average molecular weight is 536 g/mol. The van der Waals surface area contributed by atoms with Gasteiger partial charge in [0.1, 0.15) is 5.75 Å². The molecule has 0 spiro atoms. The van der Waals surface area contributed by atoms with E-state index in [9.17, 15) is 9.59 Å². The van der Waals surface area contributed by atoms with Crippen molar-refractivity contribution in [1.29, 1.82) is 0 Å². The summed E-state index contributed by atoms with van der Waals surface area (Å²) in [5.74, 6) is -0.0509. The van der Waals surface area contributed by atoms with Crippen LogP contribution in [-0.2, 0) is 20.7 Å². The van der Waals surface area contributed by atoms with Crippen LogP contribution in [0.3, 0.4) is 0 Å². The summed E-state index contributed by atoms with van der Waals surface area (Å²) in [5.41, 5.74) is 1.43. The highest BCUT2D eigenvalue weighted by Crippen LogP contribution is 2.36. The number of hydrogen-bond acceptors (Lipinski definition) is 4. The van der Waals surface area contributed by atoms with Gasteiger partial charge in [-0.1, -0.05) is 28.1 Å². The van der Waals surface area contributed by atoms with E-state index in [0.29, 0.717) is 11.4 Å². The molecule has 0 radical (unpaired) electrons. The third-order valence-electron chi connectivity index (χ3n) is 3.12. The van der Waals surface area contributed by atoms with Gasteiger partial charge >= 0.3 is 5.97 Å². The molecule has 0 aliphatic carbocycles. The molecule has 1 amide bonds. The molecule has 0 fully saturated rings. The molecule has 2 aromatic rings. The molecule has 0 unspecified atom stereocenters. The Morgan fingerprint density at radius 2 is 1.64 bits per heavy atom. The summed E-state index contributed by atoms with van der Waals surface area (Å²) in [4.78, 5) is 23.3. The minimum Gasteiger partial charge on any atom is -0.481 e. The molecule has 0 aliphatic heterocycles. The summed E-state index contributed by atoms with van der Waals surface area (Å²) < 4.78 is 12.5. The molecule has 132 valence electrons. The van der Waals surface area contributed by atoms with Crippen LogP contribution in [0, 0.1) is 0 Å². The topological polar surface area (TPSA) is 64.6 Å². The minimum atomic E-state index is -0.309. The van der Waals surface area contributed by atoms with Gasteiger partial charge in [-0.15, -0.1) is 0 Å². The van der Waals surface area contributed by atoms with Crippen molar-refractivity contribution in [3.05, 3.63) is 55.4 Å². The number of nitrogens with one attached hydrogen (secondary N) is 1. The number of amides is 1. The number of hydrogen-bond donors (Lipinski definition) is 1. The van der Waals surface area contributed by atoms with Crippen LogP contribution < -0.4 is 10.1 Å². The SMILES string of the molecule is COC(=O)Cc1ccc(NC(=O)COc2c(Br)cc(Br)cc2Br)cc1. The molecule has 0 atom stereocenters. The van der Waals surface area contributed by atoms with Gasteiger partial charge in [0, 0.05) is 10.2 Å². The highest BCUT2D eigenvalue weighted by Gasteiger charge is 2.11. The molecule has 0 heterocycles. The highest BCUT2D eigenvalue weighted by atomic mass is 79.9. The van der Waals surface area contributed by atoms with Gasteiger partial charge in [-0.25, -0.2) is 0 Å². The highest BCUT2D eigenvalue weighted by molar-refractivity contribution is 9.11. The molecule has 0 bridgehead atoms. The molecule has 0 aliphatic rings. The second-order valence-electron chi connectivity index (χ2n) is 4.99. The van der Waals surface area contributed by atoms with Crippen LogP contribution in [0.4, 0.5) is 5.69 Å². The Kier molecular flexibility index (Phi) is 7.46. The fraction of sp³-hybridized carbons (Fsp3) is 0.176. The van der Waals surface area contributed by atoms with Gasteiger partial charge < -0.3 is 14.8 Å². The molecule has 5 nitrogen and oxygen atoms in total. The Labute approximate surface area is 170 Å². The van der Waals surface area contributed by atoms with Crippen LogP contribution in [-0.4, -0.2) is 25.6 Å². The molecular formula is C17H14Br3NO4. The number of benzene rings is 2. The first-order valence-electron chi connectivity index (χ1n) is 7.12. The van der Waals surface area contributed by atoms with Crippen LogP contribution in [0.1, 0.15) is 5.56 Å². The van der Waals surface area contributed by atoms with E-state index in [-0.39, 0.29) is 24.9 Å². The number of carbonyl (C=O) groups is 2. The number of carbonyl (C=O) groups excluding carboxylic acids is 2. The first kappa shape index (κ1) is 19.9. The van der Waals surface area contributed by atoms with Crippen LogP contribution in [0.2, 0.25) is 0 Å². The number of ether oxygens (including phenoxy) is 2. The van der Waals surface area contributed by atoms with Gasteiger partial charge in [-0.3, -0.25) is 9.59 Å². The van der Waals surface area contributed by atoms with Crippen LogP contribution >= 0.6 is 47.8 Å². The van der Waals surface area contributed by atoms with E-state index in [1.165, 1.54) is 7.11 Å². The van der Waals surface area contributed by atoms with E-state index in [4.69, 9.17) is 4.74 Å². The lowest BCUT2D eigenvalue weighted by molar-refractivity contribution is -0.139. The van der Waals surface area contributed by atoms with Gasteiger partial charge in [0.25, 0.3) is 5.91 Å². The van der Waals surface area contributed by atoms with Crippen molar-refractivity contribution in [1.82, 2.24) is 0 Å². The summed E-state index contributed by atoms with van der Waals surface area (Å²) in [6, 6.07) is 10.6. The normalized spacial score (nSPS) is 10.2. The number of halogens is 3. The first-order valence-corrected chi connectivity index (χ1v) is 9.50. The van der Waals surface area contributed by atoms with Crippen molar-refractivity contribution in [2.75, 3.05) is 19.0 Å². The summed E-state index contributed by atoms with van der Waals surface area (Å²) in [6.45, 7) is -0.136. The van der Waals surface area contributed by atoms with Gasteiger partial charge in [0.2, 0.25) is 0 Å². The van der Waals surface area contributed by atoms with E-state index in [1.807, 2.05) is 12.1 Å². The van der Waals surface area contributed by atoms with E-state index < -0.39 is 0 Å². The van der Waals surface area contributed by atoms with Crippen LogP contribution in [0.5, 0.6) is 5.75 Å². The predicted molar refractivity (Wildman–Crippen MR) is 106 cm³/mol. The number of anilines is 1. The fourth-order valence-electron chi connectivity index (χ4n) is 1.95. The maximum absolute atomic E-state index is 12.0. The lowest BCUT2D eigenvalue weighted by atomic mass is 10.1. The average Bonchev–Trinajstić information content (AvgIpc) is 2.55. The van der Waals surface area contributed by atoms with Gasteiger partial charge in [-0.05, 0) is 61.7 Å². The van der Waals surface area contributed by atoms with Crippen molar-refractivity contribution in [3.63, 3.8) is 0 Å². The van der Waals surface area contributed by atoms with E-state index in [0.717, 1.165) is 19.0 Å². The fourth-order valence-corrected chi connectivity index (χ4v) is 4.43. The third kappa shape index (κ3) is 6.13. The number of rotatable bonds is 6. The van der Waals surface area contributed by atoms with Crippen LogP contribution in [0.25, 0.3) is 0 Å². The predicted octanol–water partition coefficient (Wildman–Crippen LogP) is 4.71.